The average molecular weight is 293 g/mol. The molecule has 2 unspecified atom stereocenters. The predicted octanol–water partition coefficient (Wildman–Crippen LogP) is 2.82. The fraction of sp³-hybridized carbons (Fsp3) is 0.588. The summed E-state index contributed by atoms with van der Waals surface area (Å²) >= 11 is 0. The van der Waals surface area contributed by atoms with E-state index in [4.69, 9.17) is 0 Å². The van der Waals surface area contributed by atoms with Gasteiger partial charge in [-0.05, 0) is 30.9 Å². The molecule has 1 aliphatic carbocycles. The van der Waals surface area contributed by atoms with E-state index in [9.17, 15) is 14.3 Å². The van der Waals surface area contributed by atoms with Crippen LogP contribution in [0.4, 0.5) is 4.39 Å². The molecule has 1 aliphatic rings. The van der Waals surface area contributed by atoms with Crippen LogP contribution in [0.1, 0.15) is 44.1 Å². The highest BCUT2D eigenvalue weighted by molar-refractivity contribution is 5.76. The lowest BCUT2D eigenvalue weighted by Gasteiger charge is -2.24. The zero-order chi connectivity index (χ0) is 15.1. The van der Waals surface area contributed by atoms with Crippen molar-refractivity contribution in [2.24, 2.45) is 5.92 Å². The molecule has 0 aromatic heterocycles. The topological polar surface area (TPSA) is 49.3 Å². The minimum absolute atomic E-state index is 0.0522. The molecule has 1 saturated carbocycles. The van der Waals surface area contributed by atoms with Gasteiger partial charge in [0.25, 0.3) is 0 Å². The Labute approximate surface area is 125 Å². The Hall–Kier alpha value is -1.42. The molecule has 21 heavy (non-hydrogen) atoms. The van der Waals surface area contributed by atoms with E-state index in [0.717, 1.165) is 32.1 Å². The van der Waals surface area contributed by atoms with Crippen LogP contribution in [0.3, 0.4) is 0 Å². The van der Waals surface area contributed by atoms with Gasteiger partial charge in [-0.25, -0.2) is 4.39 Å². The largest absolute Gasteiger partial charge is 0.396 e. The van der Waals surface area contributed by atoms with Crippen LogP contribution < -0.4 is 5.32 Å². The number of amides is 1. The van der Waals surface area contributed by atoms with E-state index in [2.05, 4.69) is 5.32 Å². The Kier molecular flexibility index (Phi) is 6.18. The van der Waals surface area contributed by atoms with Crippen LogP contribution in [0.5, 0.6) is 0 Å². The Bertz CT molecular complexity index is 464. The van der Waals surface area contributed by atoms with Crippen molar-refractivity contribution < 1.29 is 14.3 Å². The summed E-state index contributed by atoms with van der Waals surface area (Å²) in [5.74, 6) is -0.151. The van der Waals surface area contributed by atoms with E-state index < -0.39 is 0 Å². The Morgan fingerprint density at radius 3 is 2.76 bits per heavy atom. The van der Waals surface area contributed by atoms with Crippen molar-refractivity contribution >= 4 is 5.91 Å². The second kappa shape index (κ2) is 8.13. The van der Waals surface area contributed by atoms with E-state index in [1.54, 1.807) is 18.2 Å². The van der Waals surface area contributed by atoms with Gasteiger partial charge in [0.1, 0.15) is 5.82 Å². The average Bonchev–Trinajstić information content (AvgIpc) is 2.71. The first-order chi connectivity index (χ1) is 10.2. The number of hydrogen-bond acceptors (Lipinski definition) is 2. The first-order valence-corrected chi connectivity index (χ1v) is 7.84. The van der Waals surface area contributed by atoms with E-state index in [1.807, 2.05) is 0 Å². The molecule has 0 aliphatic heterocycles. The van der Waals surface area contributed by atoms with Gasteiger partial charge in [-0.3, -0.25) is 4.79 Å². The van der Waals surface area contributed by atoms with Gasteiger partial charge in [0.05, 0.1) is 0 Å². The fourth-order valence-corrected chi connectivity index (χ4v) is 3.02. The van der Waals surface area contributed by atoms with Crippen molar-refractivity contribution in [1.82, 2.24) is 5.32 Å². The Balaban J connectivity index is 1.84. The molecule has 3 nitrogen and oxygen atoms in total. The van der Waals surface area contributed by atoms with Gasteiger partial charge in [0.2, 0.25) is 5.91 Å². The monoisotopic (exact) mass is 293 g/mol. The lowest BCUT2D eigenvalue weighted by Crippen LogP contribution is -2.41. The first-order valence-electron chi connectivity index (χ1n) is 7.84. The molecule has 2 rings (SSSR count). The molecule has 0 heterocycles. The number of rotatable bonds is 5. The lowest BCUT2D eigenvalue weighted by molar-refractivity contribution is -0.122. The zero-order valence-electron chi connectivity index (χ0n) is 12.4. The minimum Gasteiger partial charge on any atom is -0.396 e. The number of carbonyl (C=O) groups excluding carboxylic acids is 1. The van der Waals surface area contributed by atoms with Gasteiger partial charge in [0, 0.05) is 25.0 Å². The molecule has 1 aromatic carbocycles. The minimum atomic E-state index is -0.256. The molecule has 0 radical (unpaired) electrons. The second-order valence-electron chi connectivity index (χ2n) is 5.85. The number of benzene rings is 1. The fourth-order valence-electron chi connectivity index (χ4n) is 3.02. The number of aliphatic hydroxyl groups is 1. The maximum Gasteiger partial charge on any atom is 0.220 e. The summed E-state index contributed by atoms with van der Waals surface area (Å²) in [4.78, 5) is 12.1. The van der Waals surface area contributed by atoms with Gasteiger partial charge in [0.15, 0.2) is 0 Å². The van der Waals surface area contributed by atoms with Crippen LogP contribution in [-0.4, -0.2) is 23.7 Å². The highest BCUT2D eigenvalue weighted by Crippen LogP contribution is 2.23. The third-order valence-corrected chi connectivity index (χ3v) is 4.32. The number of carbonyl (C=O) groups is 1. The van der Waals surface area contributed by atoms with Crippen LogP contribution in [-0.2, 0) is 11.2 Å². The SMILES string of the molecule is O=C(CCc1ccccc1F)NC1CCCCCC1CO. The van der Waals surface area contributed by atoms with Crippen LogP contribution in [0.2, 0.25) is 0 Å². The third-order valence-electron chi connectivity index (χ3n) is 4.32. The van der Waals surface area contributed by atoms with E-state index in [-0.39, 0.29) is 36.7 Å². The highest BCUT2D eigenvalue weighted by Gasteiger charge is 2.24. The highest BCUT2D eigenvalue weighted by atomic mass is 19.1. The molecular weight excluding hydrogens is 269 g/mol. The second-order valence-corrected chi connectivity index (χ2v) is 5.85. The van der Waals surface area contributed by atoms with E-state index in [0.29, 0.717) is 12.0 Å². The van der Waals surface area contributed by atoms with Gasteiger partial charge in [-0.1, -0.05) is 37.5 Å². The van der Waals surface area contributed by atoms with Crippen molar-refractivity contribution in [3.8, 4) is 0 Å². The number of aliphatic hydroxyl groups excluding tert-OH is 1. The summed E-state index contributed by atoms with van der Waals surface area (Å²) in [5.41, 5.74) is 0.576. The van der Waals surface area contributed by atoms with E-state index in [1.165, 1.54) is 6.07 Å². The molecule has 1 aromatic rings. The molecular formula is C17H24FNO2. The molecule has 1 fully saturated rings. The Morgan fingerprint density at radius 2 is 2.00 bits per heavy atom. The van der Waals surface area contributed by atoms with Crippen LogP contribution in [0.25, 0.3) is 0 Å². The molecule has 0 spiro atoms. The maximum atomic E-state index is 13.5. The summed E-state index contributed by atoms with van der Waals surface area (Å²) in [5, 5.41) is 12.5. The van der Waals surface area contributed by atoms with Crippen molar-refractivity contribution in [2.45, 2.75) is 51.0 Å². The van der Waals surface area contributed by atoms with Gasteiger partial charge >= 0.3 is 0 Å². The van der Waals surface area contributed by atoms with Crippen LogP contribution >= 0.6 is 0 Å². The number of halogens is 1. The number of aryl methyl sites for hydroxylation is 1. The molecule has 1 amide bonds. The molecule has 0 saturated heterocycles. The smallest absolute Gasteiger partial charge is 0.220 e. The summed E-state index contributed by atoms with van der Waals surface area (Å²) in [7, 11) is 0. The normalized spacial score (nSPS) is 22.6. The zero-order valence-corrected chi connectivity index (χ0v) is 12.4. The van der Waals surface area contributed by atoms with Gasteiger partial charge < -0.3 is 10.4 Å². The van der Waals surface area contributed by atoms with Gasteiger partial charge in [-0.15, -0.1) is 0 Å². The predicted molar refractivity (Wildman–Crippen MR) is 80.3 cm³/mol. The van der Waals surface area contributed by atoms with Crippen LogP contribution in [0, 0.1) is 11.7 Å². The van der Waals surface area contributed by atoms with Crippen molar-refractivity contribution in [2.75, 3.05) is 6.61 Å². The molecule has 0 bridgehead atoms. The summed E-state index contributed by atoms with van der Waals surface area (Å²) in [6.45, 7) is 0.123. The summed E-state index contributed by atoms with van der Waals surface area (Å²) in [6.07, 6.45) is 5.97. The quantitative estimate of drug-likeness (QED) is 0.820. The number of nitrogens with one attached hydrogen (secondary N) is 1. The van der Waals surface area contributed by atoms with Gasteiger partial charge in [-0.2, -0.15) is 0 Å². The molecule has 4 heteroatoms. The molecule has 2 N–H and O–H groups in total. The van der Waals surface area contributed by atoms with E-state index >= 15 is 0 Å². The third kappa shape index (κ3) is 4.81. The first kappa shape index (κ1) is 16.0. The van der Waals surface area contributed by atoms with Crippen molar-refractivity contribution in [3.63, 3.8) is 0 Å². The number of hydrogen-bond donors (Lipinski definition) is 2. The standard InChI is InChI=1S/C17H24FNO2/c18-15-8-5-4-6-13(15)10-11-17(21)19-16-9-3-1-2-7-14(16)12-20/h4-6,8,14,16,20H,1-3,7,9-12H2,(H,19,21). The molecule has 2 atom stereocenters. The van der Waals surface area contributed by atoms with Crippen molar-refractivity contribution in [3.05, 3.63) is 35.6 Å². The Morgan fingerprint density at radius 1 is 1.24 bits per heavy atom. The maximum absolute atomic E-state index is 13.5. The van der Waals surface area contributed by atoms with Crippen molar-refractivity contribution in [1.29, 1.82) is 0 Å². The molecule has 116 valence electrons. The van der Waals surface area contributed by atoms with Crippen LogP contribution in [0.15, 0.2) is 24.3 Å². The summed E-state index contributed by atoms with van der Waals surface area (Å²) < 4.78 is 13.5. The lowest BCUT2D eigenvalue weighted by atomic mass is 9.95. The summed E-state index contributed by atoms with van der Waals surface area (Å²) in [6, 6.07) is 6.62.